The third-order valence-corrected chi connectivity index (χ3v) is 5.82. The zero-order chi connectivity index (χ0) is 17.4. The minimum Gasteiger partial charge on any atom is -0.303 e. The molecule has 2 aromatic carbocycles. The first-order valence-corrected chi connectivity index (χ1v) is 9.38. The molecule has 2 heterocycles. The van der Waals surface area contributed by atoms with E-state index in [0.717, 1.165) is 20.4 Å². The van der Waals surface area contributed by atoms with Gasteiger partial charge in [0.05, 0.1) is 37.5 Å². The maximum absolute atomic E-state index is 12.6. The Morgan fingerprint density at radius 1 is 1.32 bits per heavy atom. The van der Waals surface area contributed by atoms with E-state index in [2.05, 4.69) is 15.9 Å². The van der Waals surface area contributed by atoms with Crippen molar-refractivity contribution in [1.82, 2.24) is 9.55 Å². The summed E-state index contributed by atoms with van der Waals surface area (Å²) in [6, 6.07) is 11.0. The van der Waals surface area contributed by atoms with Crippen LogP contribution in [0.25, 0.3) is 20.4 Å². The third kappa shape index (κ3) is 2.87. The van der Waals surface area contributed by atoms with Gasteiger partial charge in [-0.2, -0.15) is 4.99 Å². The van der Waals surface area contributed by atoms with Crippen LogP contribution in [0.5, 0.6) is 0 Å². The summed E-state index contributed by atoms with van der Waals surface area (Å²) in [5.41, 5.74) is 3.95. The van der Waals surface area contributed by atoms with Crippen LogP contribution in [0, 0.1) is 12.3 Å². The monoisotopic (exact) mass is 383 g/mol. The smallest absolute Gasteiger partial charge is 0.279 e. The molecule has 0 saturated carbocycles. The second-order valence-electron chi connectivity index (χ2n) is 5.21. The predicted octanol–water partition coefficient (Wildman–Crippen LogP) is 4.34. The first-order chi connectivity index (χ1) is 12.2. The average molecular weight is 384 g/mol. The highest BCUT2D eigenvalue weighted by Gasteiger charge is 2.12. The van der Waals surface area contributed by atoms with Gasteiger partial charge in [0.1, 0.15) is 0 Å². The molecular formula is C18H10ClN3OS2. The van der Waals surface area contributed by atoms with Crippen molar-refractivity contribution in [3.05, 3.63) is 57.3 Å². The fourth-order valence-corrected chi connectivity index (χ4v) is 4.65. The van der Waals surface area contributed by atoms with E-state index in [-0.39, 0.29) is 5.91 Å². The second-order valence-corrected chi connectivity index (χ2v) is 7.52. The van der Waals surface area contributed by atoms with Gasteiger partial charge in [-0.1, -0.05) is 34.9 Å². The van der Waals surface area contributed by atoms with Crippen molar-refractivity contribution in [3.63, 3.8) is 0 Å². The van der Waals surface area contributed by atoms with Crippen molar-refractivity contribution >= 4 is 60.6 Å². The molecule has 0 N–H and O–H groups in total. The van der Waals surface area contributed by atoms with Crippen molar-refractivity contribution < 1.29 is 4.79 Å². The highest BCUT2D eigenvalue weighted by atomic mass is 35.5. The molecule has 4 aromatic rings. The Labute approximate surface area is 156 Å². The number of nitrogens with zero attached hydrogens (tertiary/aromatic N) is 3. The van der Waals surface area contributed by atoms with E-state index in [9.17, 15) is 4.79 Å². The molecule has 0 fully saturated rings. The molecule has 0 unspecified atom stereocenters. The van der Waals surface area contributed by atoms with Crippen molar-refractivity contribution in [1.29, 1.82) is 0 Å². The van der Waals surface area contributed by atoms with E-state index in [4.69, 9.17) is 18.0 Å². The van der Waals surface area contributed by atoms with Gasteiger partial charge in [-0.3, -0.25) is 4.79 Å². The molecule has 4 nitrogen and oxygen atoms in total. The van der Waals surface area contributed by atoms with Crippen LogP contribution in [0.4, 0.5) is 0 Å². The zero-order valence-corrected chi connectivity index (χ0v) is 15.2. The fraction of sp³-hybridized carbons (Fsp3) is 0.0556. The minimum absolute atomic E-state index is 0.295. The number of amides is 1. The summed E-state index contributed by atoms with van der Waals surface area (Å²) in [7, 11) is 0. The SMILES string of the molecule is C#CCn1c(=NC(=O)c2ccc3ncsc3c2)sc2cccc(Cl)c21. The lowest BCUT2D eigenvalue weighted by molar-refractivity contribution is 0.0998. The molecule has 1 amide bonds. The van der Waals surface area contributed by atoms with E-state index in [1.807, 2.05) is 24.3 Å². The summed E-state index contributed by atoms with van der Waals surface area (Å²) in [4.78, 5) is 21.7. The van der Waals surface area contributed by atoms with Crippen LogP contribution in [0.15, 0.2) is 46.9 Å². The molecule has 122 valence electrons. The number of terminal acetylenes is 1. The van der Waals surface area contributed by atoms with Crippen LogP contribution in [-0.2, 0) is 6.54 Å². The van der Waals surface area contributed by atoms with Crippen molar-refractivity contribution in [2.45, 2.75) is 6.54 Å². The lowest BCUT2D eigenvalue weighted by Crippen LogP contribution is -2.16. The highest BCUT2D eigenvalue weighted by Crippen LogP contribution is 2.25. The van der Waals surface area contributed by atoms with Crippen LogP contribution >= 0.6 is 34.3 Å². The molecule has 0 aliphatic heterocycles. The topological polar surface area (TPSA) is 47.2 Å². The Bertz CT molecular complexity index is 1230. The summed E-state index contributed by atoms with van der Waals surface area (Å²) >= 11 is 9.19. The standard InChI is InChI=1S/C18H10ClN3OS2/c1-2-8-22-16-12(19)4-3-5-14(16)25-18(22)21-17(23)11-6-7-13-15(9-11)24-10-20-13/h1,3-7,9-10H,8H2. The number of benzene rings is 2. The van der Waals surface area contributed by atoms with Crippen LogP contribution in [-0.4, -0.2) is 15.5 Å². The molecular weight excluding hydrogens is 374 g/mol. The van der Waals surface area contributed by atoms with Gasteiger partial charge in [0.15, 0.2) is 4.80 Å². The van der Waals surface area contributed by atoms with Crippen molar-refractivity contribution in [2.24, 2.45) is 4.99 Å². The molecule has 0 aliphatic carbocycles. The van der Waals surface area contributed by atoms with E-state index >= 15 is 0 Å². The first-order valence-electron chi connectivity index (χ1n) is 7.31. The molecule has 0 saturated heterocycles. The number of hydrogen-bond donors (Lipinski definition) is 0. The first kappa shape index (κ1) is 16.0. The third-order valence-electron chi connectivity index (χ3n) is 3.68. The Morgan fingerprint density at radius 3 is 3.04 bits per heavy atom. The van der Waals surface area contributed by atoms with Gasteiger partial charge in [-0.05, 0) is 30.3 Å². The molecule has 0 spiro atoms. The van der Waals surface area contributed by atoms with Crippen LogP contribution < -0.4 is 4.80 Å². The summed E-state index contributed by atoms with van der Waals surface area (Å²) < 4.78 is 3.69. The normalized spacial score (nSPS) is 11.9. The highest BCUT2D eigenvalue weighted by molar-refractivity contribution is 7.17. The van der Waals surface area contributed by atoms with Gasteiger partial charge in [0, 0.05) is 5.56 Å². The van der Waals surface area contributed by atoms with E-state index in [0.29, 0.717) is 21.9 Å². The Morgan fingerprint density at radius 2 is 2.20 bits per heavy atom. The molecule has 7 heteroatoms. The van der Waals surface area contributed by atoms with Crippen LogP contribution in [0.2, 0.25) is 5.02 Å². The maximum atomic E-state index is 12.6. The lowest BCUT2D eigenvalue weighted by Gasteiger charge is -2.01. The number of aromatic nitrogens is 2. The number of fused-ring (bicyclic) bond motifs is 2. The Kier molecular flexibility index (Phi) is 4.14. The number of para-hydroxylation sites is 1. The lowest BCUT2D eigenvalue weighted by atomic mass is 10.2. The van der Waals surface area contributed by atoms with Crippen molar-refractivity contribution in [3.8, 4) is 12.3 Å². The largest absolute Gasteiger partial charge is 0.303 e. The molecule has 0 atom stereocenters. The zero-order valence-electron chi connectivity index (χ0n) is 12.8. The number of hydrogen-bond acceptors (Lipinski definition) is 4. The van der Waals surface area contributed by atoms with Gasteiger partial charge < -0.3 is 4.57 Å². The Balaban J connectivity index is 1.87. The number of carbonyl (C=O) groups is 1. The molecule has 2 aromatic heterocycles. The van der Waals surface area contributed by atoms with Crippen molar-refractivity contribution in [2.75, 3.05) is 0 Å². The predicted molar refractivity (Wildman–Crippen MR) is 103 cm³/mol. The maximum Gasteiger partial charge on any atom is 0.279 e. The van der Waals surface area contributed by atoms with Gasteiger partial charge in [0.2, 0.25) is 0 Å². The fourth-order valence-electron chi connectivity index (χ4n) is 2.55. The molecule has 0 aliphatic rings. The van der Waals surface area contributed by atoms with E-state index in [1.54, 1.807) is 22.2 Å². The summed E-state index contributed by atoms with van der Waals surface area (Å²) in [6.07, 6.45) is 5.48. The summed E-state index contributed by atoms with van der Waals surface area (Å²) in [5, 5.41) is 0.587. The van der Waals surface area contributed by atoms with Gasteiger partial charge in [0.25, 0.3) is 5.91 Å². The summed E-state index contributed by atoms with van der Waals surface area (Å²) in [5.74, 6) is 2.28. The van der Waals surface area contributed by atoms with Gasteiger partial charge >= 0.3 is 0 Å². The van der Waals surface area contributed by atoms with Crippen LogP contribution in [0.1, 0.15) is 10.4 Å². The molecule has 25 heavy (non-hydrogen) atoms. The minimum atomic E-state index is -0.316. The number of carbonyl (C=O) groups excluding carboxylic acids is 1. The molecule has 4 rings (SSSR count). The summed E-state index contributed by atoms with van der Waals surface area (Å²) in [6.45, 7) is 0.295. The number of halogens is 1. The number of rotatable bonds is 2. The van der Waals surface area contributed by atoms with E-state index < -0.39 is 0 Å². The average Bonchev–Trinajstić information content (AvgIpc) is 3.20. The van der Waals surface area contributed by atoms with Gasteiger partial charge in [-0.15, -0.1) is 17.8 Å². The number of thiazole rings is 2. The van der Waals surface area contributed by atoms with E-state index in [1.165, 1.54) is 22.7 Å². The quantitative estimate of drug-likeness (QED) is 0.483. The van der Waals surface area contributed by atoms with Gasteiger partial charge in [-0.25, -0.2) is 4.98 Å². The second kappa shape index (κ2) is 6.45. The molecule has 0 radical (unpaired) electrons. The molecule has 0 bridgehead atoms. The van der Waals surface area contributed by atoms with Crippen LogP contribution in [0.3, 0.4) is 0 Å². The Hall–Kier alpha value is -2.46.